The Morgan fingerprint density at radius 2 is 1.77 bits per heavy atom. The summed E-state index contributed by atoms with van der Waals surface area (Å²) in [5.41, 5.74) is 3.15. The van der Waals surface area contributed by atoms with E-state index < -0.39 is 5.82 Å². The Balaban J connectivity index is 1.71. The normalized spacial score (nSPS) is 13.8. The summed E-state index contributed by atoms with van der Waals surface area (Å²) in [5, 5.41) is 14.7. The molecule has 0 aliphatic carbocycles. The second-order valence-corrected chi connectivity index (χ2v) is 8.87. The Morgan fingerprint density at radius 3 is 2.43 bits per heavy atom. The number of pyridine rings is 1. The molecule has 0 spiro atoms. The van der Waals surface area contributed by atoms with Gasteiger partial charge in [0.15, 0.2) is 0 Å². The second-order valence-electron chi connectivity index (χ2n) is 8.46. The van der Waals surface area contributed by atoms with E-state index in [1.807, 2.05) is 20.2 Å². The number of phenolic OH excluding ortho intramolecular Hbond substituents is 1. The highest BCUT2D eigenvalue weighted by atomic mass is 35.5. The summed E-state index contributed by atoms with van der Waals surface area (Å²) in [6.45, 7) is 3.45. The maximum absolute atomic E-state index is 14.7. The van der Waals surface area contributed by atoms with Gasteiger partial charge < -0.3 is 20.2 Å². The number of aromatic hydroxyl groups is 1. The van der Waals surface area contributed by atoms with Crippen LogP contribution in [0.4, 0.5) is 15.8 Å². The van der Waals surface area contributed by atoms with Crippen LogP contribution in [0.3, 0.4) is 0 Å². The summed E-state index contributed by atoms with van der Waals surface area (Å²) in [7, 11) is 3.67. The minimum atomic E-state index is -0.496. The molecule has 182 valence electrons. The minimum Gasteiger partial charge on any atom is -0.507 e. The molecule has 1 aromatic heterocycles. The molecule has 7 nitrogen and oxygen atoms in total. The van der Waals surface area contributed by atoms with Gasteiger partial charge in [0.25, 0.3) is 0 Å². The molecular formula is C26H27ClFN5O2. The number of aromatic nitrogens is 1. The van der Waals surface area contributed by atoms with Gasteiger partial charge in [-0.15, -0.1) is 0 Å². The van der Waals surface area contributed by atoms with Crippen LogP contribution in [0.15, 0.2) is 61.2 Å². The SMILES string of the molecule is CN(C)/C=C\N(C=O)c1ccc(-c2cc(F)cc(-c3cncc(N4CCNCC4)c3)c2O)cc1Cl. The number of hydrogen-bond donors (Lipinski definition) is 2. The van der Waals surface area contributed by atoms with Crippen LogP contribution >= 0.6 is 11.6 Å². The predicted octanol–water partition coefficient (Wildman–Crippen LogP) is 4.32. The van der Waals surface area contributed by atoms with Gasteiger partial charge in [0.1, 0.15) is 11.6 Å². The van der Waals surface area contributed by atoms with Crippen molar-refractivity contribution in [3.05, 3.63) is 72.0 Å². The fourth-order valence-electron chi connectivity index (χ4n) is 3.97. The van der Waals surface area contributed by atoms with Crippen molar-refractivity contribution >= 4 is 29.4 Å². The Hall–Kier alpha value is -3.62. The fraction of sp³-hybridized carbons (Fsp3) is 0.231. The molecule has 0 radical (unpaired) electrons. The third-order valence-electron chi connectivity index (χ3n) is 5.77. The van der Waals surface area contributed by atoms with E-state index in [4.69, 9.17) is 11.6 Å². The van der Waals surface area contributed by atoms with Crippen LogP contribution in [-0.2, 0) is 4.79 Å². The van der Waals surface area contributed by atoms with Crippen molar-refractivity contribution in [1.29, 1.82) is 0 Å². The number of phenols is 1. The molecule has 9 heteroatoms. The largest absolute Gasteiger partial charge is 0.507 e. The van der Waals surface area contributed by atoms with Crippen LogP contribution in [0.5, 0.6) is 5.75 Å². The van der Waals surface area contributed by atoms with Crippen LogP contribution in [0, 0.1) is 5.82 Å². The summed E-state index contributed by atoms with van der Waals surface area (Å²) in [6.07, 6.45) is 7.33. The molecule has 0 unspecified atom stereocenters. The molecule has 2 aromatic carbocycles. The molecule has 1 aliphatic rings. The average Bonchev–Trinajstić information content (AvgIpc) is 2.86. The third kappa shape index (κ3) is 5.55. The smallest absolute Gasteiger partial charge is 0.218 e. The molecule has 35 heavy (non-hydrogen) atoms. The number of hydrogen-bond acceptors (Lipinski definition) is 6. The number of anilines is 2. The van der Waals surface area contributed by atoms with Crippen LogP contribution < -0.4 is 15.1 Å². The number of amides is 1. The first-order valence-corrected chi connectivity index (χ1v) is 11.6. The number of benzene rings is 2. The van der Waals surface area contributed by atoms with Crippen molar-refractivity contribution in [2.75, 3.05) is 50.1 Å². The zero-order chi connectivity index (χ0) is 24.9. The van der Waals surface area contributed by atoms with Crippen LogP contribution in [0.2, 0.25) is 5.02 Å². The molecule has 0 saturated carbocycles. The van der Waals surface area contributed by atoms with Gasteiger partial charge in [-0.1, -0.05) is 17.7 Å². The Labute approximate surface area is 209 Å². The molecule has 1 amide bonds. The molecule has 4 rings (SSSR count). The van der Waals surface area contributed by atoms with Gasteiger partial charge in [0, 0.05) is 75.6 Å². The van der Waals surface area contributed by atoms with Gasteiger partial charge >= 0.3 is 0 Å². The lowest BCUT2D eigenvalue weighted by molar-refractivity contribution is -0.106. The van der Waals surface area contributed by atoms with Crippen molar-refractivity contribution in [1.82, 2.24) is 15.2 Å². The van der Waals surface area contributed by atoms with Crippen molar-refractivity contribution in [3.8, 4) is 28.0 Å². The number of piperazine rings is 1. The molecule has 2 N–H and O–H groups in total. The molecule has 1 aliphatic heterocycles. The average molecular weight is 496 g/mol. The summed E-state index contributed by atoms with van der Waals surface area (Å²) in [5.74, 6) is -0.571. The molecule has 1 fully saturated rings. The zero-order valence-electron chi connectivity index (χ0n) is 19.6. The van der Waals surface area contributed by atoms with Crippen molar-refractivity contribution < 1.29 is 14.3 Å². The Kier molecular flexibility index (Phi) is 7.53. The Morgan fingerprint density at radius 1 is 1.06 bits per heavy atom. The van der Waals surface area contributed by atoms with Crippen molar-refractivity contribution in [2.45, 2.75) is 0 Å². The number of nitrogens with zero attached hydrogens (tertiary/aromatic N) is 4. The number of nitrogens with one attached hydrogen (secondary N) is 1. The van der Waals surface area contributed by atoms with Gasteiger partial charge in [-0.25, -0.2) is 4.39 Å². The lowest BCUT2D eigenvalue weighted by Crippen LogP contribution is -2.43. The monoisotopic (exact) mass is 495 g/mol. The first-order valence-electron chi connectivity index (χ1n) is 11.2. The van der Waals surface area contributed by atoms with Gasteiger partial charge in [-0.05, 0) is 35.9 Å². The van der Waals surface area contributed by atoms with Crippen LogP contribution in [0.25, 0.3) is 22.3 Å². The topological polar surface area (TPSA) is 71.9 Å². The van der Waals surface area contributed by atoms with E-state index in [9.17, 15) is 14.3 Å². The Bertz CT molecular complexity index is 1240. The number of carbonyl (C=O) groups is 1. The van der Waals surface area contributed by atoms with Crippen molar-refractivity contribution in [3.63, 3.8) is 0 Å². The number of rotatable bonds is 7. The van der Waals surface area contributed by atoms with E-state index in [-0.39, 0.29) is 10.8 Å². The van der Waals surface area contributed by atoms with Gasteiger partial charge in [-0.3, -0.25) is 14.7 Å². The highest BCUT2D eigenvalue weighted by Crippen LogP contribution is 2.41. The van der Waals surface area contributed by atoms with Crippen molar-refractivity contribution in [2.24, 2.45) is 0 Å². The maximum atomic E-state index is 14.7. The summed E-state index contributed by atoms with van der Waals surface area (Å²) in [4.78, 5) is 21.2. The molecule has 2 heterocycles. The second kappa shape index (κ2) is 10.8. The lowest BCUT2D eigenvalue weighted by Gasteiger charge is -2.29. The molecule has 0 atom stereocenters. The van der Waals surface area contributed by atoms with Crippen LogP contribution in [-0.4, -0.2) is 61.7 Å². The summed E-state index contributed by atoms with van der Waals surface area (Å²) >= 11 is 6.48. The van der Waals surface area contributed by atoms with E-state index in [1.165, 1.54) is 17.0 Å². The summed E-state index contributed by atoms with van der Waals surface area (Å²) < 4.78 is 14.7. The third-order valence-corrected chi connectivity index (χ3v) is 6.07. The van der Waals surface area contributed by atoms with E-state index in [0.29, 0.717) is 34.4 Å². The maximum Gasteiger partial charge on any atom is 0.218 e. The van der Waals surface area contributed by atoms with Gasteiger partial charge in [-0.2, -0.15) is 0 Å². The first kappa shape index (κ1) is 24.5. The number of halogens is 2. The lowest BCUT2D eigenvalue weighted by atomic mass is 9.97. The van der Waals surface area contributed by atoms with Gasteiger partial charge in [0.2, 0.25) is 6.41 Å². The van der Waals surface area contributed by atoms with E-state index in [0.717, 1.165) is 31.9 Å². The molecule has 3 aromatic rings. The fourth-order valence-corrected chi connectivity index (χ4v) is 4.25. The van der Waals surface area contributed by atoms with E-state index in [2.05, 4.69) is 15.2 Å². The van der Waals surface area contributed by atoms with E-state index in [1.54, 1.807) is 47.9 Å². The predicted molar refractivity (Wildman–Crippen MR) is 138 cm³/mol. The first-order chi connectivity index (χ1) is 16.9. The zero-order valence-corrected chi connectivity index (χ0v) is 20.3. The molecule has 1 saturated heterocycles. The standard InChI is InChI=1S/C26H27ClFN5O2/c1-31(2)9-10-33(17-34)25-4-3-18(12-24(25)27)22-13-20(28)14-23(26(22)35)19-11-21(16-30-15-19)32-7-5-29-6-8-32/h3-4,9-17,29,35H,5-8H2,1-2H3/b10-9-. The molecule has 0 bridgehead atoms. The van der Waals surface area contributed by atoms with E-state index >= 15 is 0 Å². The van der Waals surface area contributed by atoms with Gasteiger partial charge in [0.05, 0.1) is 22.6 Å². The summed E-state index contributed by atoms with van der Waals surface area (Å²) in [6, 6.07) is 9.42. The minimum absolute atomic E-state index is 0.0748. The number of carbonyl (C=O) groups excluding carboxylic acids is 1. The quantitative estimate of drug-likeness (QED) is 0.476. The highest BCUT2D eigenvalue weighted by molar-refractivity contribution is 6.34. The highest BCUT2D eigenvalue weighted by Gasteiger charge is 2.18. The molecular weight excluding hydrogens is 469 g/mol. The van der Waals surface area contributed by atoms with Crippen LogP contribution in [0.1, 0.15) is 0 Å².